The number of aromatic nitrogens is 1. The van der Waals surface area contributed by atoms with Gasteiger partial charge >= 0.3 is 0 Å². The Morgan fingerprint density at radius 3 is 2.02 bits per heavy atom. The molecule has 0 saturated carbocycles. The van der Waals surface area contributed by atoms with Crippen LogP contribution in [0.25, 0.3) is 71.0 Å². The summed E-state index contributed by atoms with van der Waals surface area (Å²) in [6, 6.07) is 45.5. The van der Waals surface area contributed by atoms with E-state index in [1.807, 2.05) is 42.5 Å². The molecule has 7 heteroatoms. The van der Waals surface area contributed by atoms with E-state index in [1.54, 1.807) is 0 Å². The molecule has 9 aromatic rings. The Morgan fingerprint density at radius 1 is 0.596 bits per heavy atom. The van der Waals surface area contributed by atoms with E-state index in [4.69, 9.17) is 14.2 Å². The monoisotopic (exact) mass is 608 g/mol. The van der Waals surface area contributed by atoms with Crippen molar-refractivity contribution >= 4 is 65.7 Å². The second kappa shape index (κ2) is 10.0. The number of rotatable bonds is 3. The van der Waals surface area contributed by atoms with E-state index in [0.29, 0.717) is 5.56 Å². The smallest absolute Gasteiger partial charge is 0.178 e. The van der Waals surface area contributed by atoms with Gasteiger partial charge in [0.05, 0.1) is 17.8 Å². The molecule has 0 bridgehead atoms. The van der Waals surface area contributed by atoms with Crippen LogP contribution in [-0.4, -0.2) is 4.57 Å². The lowest BCUT2D eigenvalue weighted by Gasteiger charge is -2.50. The summed E-state index contributed by atoms with van der Waals surface area (Å²) >= 11 is 0. The number of para-hydroxylation sites is 4. The Labute approximate surface area is 268 Å². The highest BCUT2D eigenvalue weighted by Gasteiger charge is 2.27. The zero-order chi connectivity index (χ0) is 31.1. The first-order chi connectivity index (χ1) is 23.2. The van der Waals surface area contributed by atoms with Gasteiger partial charge in [-0.3, -0.25) is 5.32 Å². The third-order valence-electron chi connectivity index (χ3n) is 9.48. The third-order valence-corrected chi connectivity index (χ3v) is 9.48. The minimum absolute atomic E-state index is 0.308. The van der Waals surface area contributed by atoms with Gasteiger partial charge < -0.3 is 24.0 Å². The van der Waals surface area contributed by atoms with Crippen molar-refractivity contribution in [2.24, 2.45) is 0 Å². The predicted octanol–water partition coefficient (Wildman–Crippen LogP) is 9.89. The second-order valence-electron chi connectivity index (χ2n) is 12.1. The average Bonchev–Trinajstić information content (AvgIpc) is 3.81. The van der Waals surface area contributed by atoms with Crippen molar-refractivity contribution < 1.29 is 8.83 Å². The van der Waals surface area contributed by atoms with Gasteiger partial charge in [-0.2, -0.15) is 5.26 Å². The average molecular weight is 609 g/mol. The highest BCUT2D eigenvalue weighted by Crippen LogP contribution is 2.44. The fraction of sp³-hybridized carbons (Fsp3) is 0.0750. The largest absolute Gasteiger partial charge is 0.610 e. The molecule has 1 fully saturated rings. The van der Waals surface area contributed by atoms with Crippen LogP contribution in [0.1, 0.15) is 35.3 Å². The van der Waals surface area contributed by atoms with Crippen molar-refractivity contribution in [1.82, 2.24) is 15.2 Å². The number of nitrogens with one attached hydrogen (secondary N) is 2. The molecule has 6 aromatic carbocycles. The Bertz CT molecular complexity index is 2670. The lowest BCUT2D eigenvalue weighted by Crippen LogP contribution is -2.46. The van der Waals surface area contributed by atoms with E-state index >= 15 is 0 Å². The molecule has 7 nitrogen and oxygen atoms in total. The van der Waals surface area contributed by atoms with Crippen molar-refractivity contribution in [3.8, 4) is 6.07 Å². The van der Waals surface area contributed by atoms with Crippen molar-refractivity contribution in [1.29, 1.82) is 5.26 Å². The van der Waals surface area contributed by atoms with Crippen LogP contribution in [0.15, 0.2) is 136 Å². The van der Waals surface area contributed by atoms with Gasteiger partial charge in [0.25, 0.3) is 0 Å². The molecule has 3 atom stereocenters. The summed E-state index contributed by atoms with van der Waals surface area (Å²) in [4.78, 5) is 0. The Balaban J connectivity index is 1.17. The lowest BCUT2D eigenvalue weighted by molar-refractivity contribution is 0.275. The number of furan rings is 2. The highest BCUT2D eigenvalue weighted by atomic mass is 16.4. The van der Waals surface area contributed by atoms with E-state index in [2.05, 4.69) is 106 Å². The summed E-state index contributed by atoms with van der Waals surface area (Å²) in [5.74, 6) is 0. The van der Waals surface area contributed by atoms with Gasteiger partial charge in [-0.1, -0.05) is 91.1 Å². The maximum atomic E-state index is 9.70. The van der Waals surface area contributed by atoms with Gasteiger partial charge in [-0.25, -0.2) is 0 Å². The van der Waals surface area contributed by atoms with Crippen LogP contribution in [0, 0.1) is 11.3 Å². The summed E-state index contributed by atoms with van der Waals surface area (Å²) in [5.41, 5.74) is 7.75. The topological polar surface area (TPSA) is 93.2 Å². The fourth-order valence-corrected chi connectivity index (χ4v) is 7.37. The van der Waals surface area contributed by atoms with Crippen molar-refractivity contribution in [2.75, 3.05) is 0 Å². The number of nitriles is 1. The molecular formula is C40H26N5O2-. The number of benzene rings is 6. The van der Waals surface area contributed by atoms with Crippen LogP contribution < -0.4 is 10.6 Å². The minimum atomic E-state index is -0.438. The first-order valence-corrected chi connectivity index (χ1v) is 15.7. The number of nitrogens with zero attached hydrogens (tertiary/aromatic N) is 3. The third kappa shape index (κ3) is 3.90. The molecule has 4 heterocycles. The van der Waals surface area contributed by atoms with Crippen LogP contribution in [0.2, 0.25) is 0 Å². The van der Waals surface area contributed by atoms with Crippen molar-refractivity contribution in [2.45, 2.75) is 18.6 Å². The van der Waals surface area contributed by atoms with Gasteiger partial charge in [-0.05, 0) is 59.9 Å². The second-order valence-corrected chi connectivity index (χ2v) is 12.1. The van der Waals surface area contributed by atoms with Gasteiger partial charge in [-0.15, -0.1) is 0 Å². The standard InChI is InChI=1S/C40H26N5O2/c41-22-23-9-7-10-24(21-23)38-42-39(44-40(43-38)45-32-16-4-1-11-25(32)26-12-2-5-17-33(26)45)31-15-8-14-28-30-20-19-29-27-13-3-6-18-34(27)46-36(29)37(30)47-35(28)31/h1-21,38-40,42-43H/q-1. The molecule has 0 spiro atoms. The molecule has 0 radical (unpaired) electrons. The molecule has 1 aliphatic rings. The van der Waals surface area contributed by atoms with Gasteiger partial charge in [0.15, 0.2) is 11.2 Å². The van der Waals surface area contributed by atoms with Crippen molar-refractivity contribution in [3.63, 3.8) is 0 Å². The summed E-state index contributed by atoms with van der Waals surface area (Å²) in [6.07, 6.45) is -1.17. The maximum Gasteiger partial charge on any atom is 0.178 e. The molecule has 47 heavy (non-hydrogen) atoms. The van der Waals surface area contributed by atoms with Crippen LogP contribution in [0.4, 0.5) is 0 Å². The van der Waals surface area contributed by atoms with E-state index in [1.165, 1.54) is 10.8 Å². The molecule has 1 saturated heterocycles. The summed E-state index contributed by atoms with van der Waals surface area (Å²) in [5, 5.41) is 29.1. The first-order valence-electron chi connectivity index (χ1n) is 15.7. The molecule has 10 rings (SSSR count). The molecule has 2 N–H and O–H groups in total. The Hall–Kier alpha value is -5.91. The zero-order valence-electron chi connectivity index (χ0n) is 25.0. The van der Waals surface area contributed by atoms with Crippen LogP contribution >= 0.6 is 0 Å². The molecule has 3 aromatic heterocycles. The van der Waals surface area contributed by atoms with Crippen LogP contribution in [-0.2, 0) is 0 Å². The Kier molecular flexibility index (Phi) is 5.63. The van der Waals surface area contributed by atoms with Crippen molar-refractivity contribution in [3.05, 3.63) is 149 Å². The normalized spacial score (nSPS) is 18.6. The molecular weight excluding hydrogens is 582 g/mol. The van der Waals surface area contributed by atoms with Gasteiger partial charge in [0.1, 0.15) is 11.2 Å². The van der Waals surface area contributed by atoms with Crippen LogP contribution in [0.3, 0.4) is 0 Å². The number of fused-ring (bicyclic) bond motifs is 10. The molecule has 0 aliphatic carbocycles. The summed E-state index contributed by atoms with van der Waals surface area (Å²) in [6.45, 7) is 0. The van der Waals surface area contributed by atoms with Gasteiger partial charge in [0.2, 0.25) is 0 Å². The zero-order valence-corrected chi connectivity index (χ0v) is 25.0. The highest BCUT2D eigenvalue weighted by molar-refractivity contribution is 6.19. The molecule has 1 aliphatic heterocycles. The first kappa shape index (κ1) is 26.3. The minimum Gasteiger partial charge on any atom is -0.610 e. The van der Waals surface area contributed by atoms with Crippen LogP contribution in [0.5, 0.6) is 0 Å². The van der Waals surface area contributed by atoms with E-state index in [0.717, 1.165) is 66.0 Å². The predicted molar refractivity (Wildman–Crippen MR) is 186 cm³/mol. The molecule has 3 unspecified atom stereocenters. The lowest BCUT2D eigenvalue weighted by atomic mass is 10.0. The molecule has 0 amide bonds. The quantitative estimate of drug-likeness (QED) is 0.208. The maximum absolute atomic E-state index is 9.70. The van der Waals surface area contributed by atoms with E-state index in [-0.39, 0.29) is 6.17 Å². The number of hydrogen-bond donors (Lipinski definition) is 2. The number of hydrogen-bond acceptors (Lipinski definition) is 5. The van der Waals surface area contributed by atoms with E-state index < -0.39 is 12.5 Å². The summed E-state index contributed by atoms with van der Waals surface area (Å²) < 4.78 is 15.4. The van der Waals surface area contributed by atoms with E-state index in [9.17, 15) is 5.26 Å². The Morgan fingerprint density at radius 2 is 1.23 bits per heavy atom. The fourth-order valence-electron chi connectivity index (χ4n) is 7.37. The molecule has 224 valence electrons. The van der Waals surface area contributed by atoms with Gasteiger partial charge in [0, 0.05) is 43.4 Å². The SMILES string of the molecule is N#Cc1cccc(C2NC(c3cccc4c3oc3c4ccc4c5ccccc5oc43)[N-]C(n3c4ccccc4c4ccccc43)N2)c1. The summed E-state index contributed by atoms with van der Waals surface area (Å²) in [7, 11) is 0.